The third-order valence-electron chi connectivity index (χ3n) is 4.33. The number of fused-ring (bicyclic) bond motifs is 1. The average Bonchev–Trinajstić information content (AvgIpc) is 3.09. The van der Waals surface area contributed by atoms with E-state index < -0.39 is 0 Å². The second-order valence-corrected chi connectivity index (χ2v) is 7.31. The normalized spacial score (nSPS) is 10.9. The first-order valence-electron chi connectivity index (χ1n) is 9.14. The van der Waals surface area contributed by atoms with Crippen molar-refractivity contribution in [3.8, 4) is 17.2 Å². The van der Waals surface area contributed by atoms with Gasteiger partial charge in [0.15, 0.2) is 12.2 Å². The van der Waals surface area contributed by atoms with E-state index in [1.807, 2.05) is 38.1 Å². The van der Waals surface area contributed by atoms with Crippen LogP contribution in [0.4, 0.5) is 5.69 Å². The van der Waals surface area contributed by atoms with E-state index in [0.29, 0.717) is 33.4 Å². The van der Waals surface area contributed by atoms with Crippen LogP contribution >= 0.6 is 11.6 Å². The Labute approximate surface area is 173 Å². The smallest absolute Gasteiger partial charge is 0.262 e. The number of ether oxygens (including phenoxy) is 1. The first-order chi connectivity index (χ1) is 14.0. The van der Waals surface area contributed by atoms with Crippen molar-refractivity contribution < 1.29 is 13.9 Å². The summed E-state index contributed by atoms with van der Waals surface area (Å²) in [6, 6.07) is 18.5. The van der Waals surface area contributed by atoms with Gasteiger partial charge in [-0.05, 0) is 79.6 Å². The summed E-state index contributed by atoms with van der Waals surface area (Å²) < 4.78 is 11.3. The van der Waals surface area contributed by atoms with Crippen LogP contribution in [0.2, 0.25) is 5.02 Å². The summed E-state index contributed by atoms with van der Waals surface area (Å²) >= 11 is 5.99. The summed E-state index contributed by atoms with van der Waals surface area (Å²) in [6.07, 6.45) is 0. The van der Waals surface area contributed by atoms with Crippen molar-refractivity contribution in [2.75, 3.05) is 11.9 Å². The van der Waals surface area contributed by atoms with E-state index in [1.54, 1.807) is 30.3 Å². The second-order valence-electron chi connectivity index (χ2n) is 6.87. The summed E-state index contributed by atoms with van der Waals surface area (Å²) in [5, 5.41) is 3.43. The standard InChI is InChI=1S/C23H19ClN2O3/c1-14-9-15(2)11-19(10-14)28-13-22(27)25-18-6-3-16(4-7-18)23-26-20-12-17(24)5-8-21(20)29-23/h3-12H,13H2,1-2H3,(H,25,27). The van der Waals surface area contributed by atoms with E-state index in [0.717, 1.165) is 16.7 Å². The van der Waals surface area contributed by atoms with E-state index in [2.05, 4.69) is 16.4 Å². The summed E-state index contributed by atoms with van der Waals surface area (Å²) in [6.45, 7) is 3.93. The second kappa shape index (κ2) is 7.97. The third kappa shape index (κ3) is 4.58. The molecule has 146 valence electrons. The summed E-state index contributed by atoms with van der Waals surface area (Å²) in [7, 11) is 0. The minimum atomic E-state index is -0.228. The summed E-state index contributed by atoms with van der Waals surface area (Å²) in [5.41, 5.74) is 5.04. The number of carbonyl (C=O) groups is 1. The van der Waals surface area contributed by atoms with Crippen LogP contribution in [0, 0.1) is 13.8 Å². The molecule has 0 aliphatic rings. The summed E-state index contributed by atoms with van der Waals surface area (Å²) in [4.78, 5) is 16.6. The Bertz CT molecular complexity index is 1160. The van der Waals surface area contributed by atoms with Gasteiger partial charge in [-0.3, -0.25) is 4.79 Å². The minimum absolute atomic E-state index is 0.0590. The molecule has 0 saturated carbocycles. The number of anilines is 1. The molecule has 1 N–H and O–H groups in total. The van der Waals surface area contributed by atoms with Crippen LogP contribution in [0.25, 0.3) is 22.6 Å². The Morgan fingerprint density at radius 2 is 1.76 bits per heavy atom. The highest BCUT2D eigenvalue weighted by atomic mass is 35.5. The Hall–Kier alpha value is -3.31. The molecule has 0 unspecified atom stereocenters. The maximum atomic E-state index is 12.2. The van der Waals surface area contributed by atoms with Crippen LogP contribution in [-0.2, 0) is 4.79 Å². The molecule has 3 aromatic carbocycles. The van der Waals surface area contributed by atoms with Gasteiger partial charge in [0.25, 0.3) is 5.91 Å². The van der Waals surface area contributed by atoms with Gasteiger partial charge in [-0.15, -0.1) is 0 Å². The fraction of sp³-hybridized carbons (Fsp3) is 0.130. The van der Waals surface area contributed by atoms with Crippen LogP contribution in [0.1, 0.15) is 11.1 Å². The number of hydrogen-bond donors (Lipinski definition) is 1. The molecule has 0 saturated heterocycles. The molecule has 5 nitrogen and oxygen atoms in total. The number of aromatic nitrogens is 1. The molecule has 0 radical (unpaired) electrons. The van der Waals surface area contributed by atoms with Crippen molar-refractivity contribution in [3.05, 3.63) is 76.8 Å². The number of nitrogens with zero attached hydrogens (tertiary/aromatic N) is 1. The molecular weight excluding hydrogens is 388 g/mol. The van der Waals surface area contributed by atoms with Gasteiger partial charge in [-0.2, -0.15) is 0 Å². The molecular formula is C23H19ClN2O3. The molecule has 0 fully saturated rings. The predicted octanol–water partition coefficient (Wildman–Crippen LogP) is 5.78. The molecule has 1 heterocycles. The molecule has 0 aliphatic heterocycles. The summed E-state index contributed by atoms with van der Waals surface area (Å²) in [5.74, 6) is 0.954. The van der Waals surface area contributed by atoms with E-state index in [9.17, 15) is 4.79 Å². The number of hydrogen-bond acceptors (Lipinski definition) is 4. The van der Waals surface area contributed by atoms with Crippen LogP contribution in [0.5, 0.6) is 5.75 Å². The molecule has 4 aromatic rings. The first-order valence-corrected chi connectivity index (χ1v) is 9.51. The number of rotatable bonds is 5. The van der Waals surface area contributed by atoms with Crippen molar-refractivity contribution in [2.45, 2.75) is 13.8 Å². The van der Waals surface area contributed by atoms with Gasteiger partial charge in [0, 0.05) is 16.3 Å². The molecule has 0 atom stereocenters. The van der Waals surface area contributed by atoms with Gasteiger partial charge in [-0.1, -0.05) is 17.7 Å². The Kier molecular flexibility index (Phi) is 5.23. The lowest BCUT2D eigenvalue weighted by atomic mass is 10.1. The van der Waals surface area contributed by atoms with Gasteiger partial charge in [-0.25, -0.2) is 4.98 Å². The number of aryl methyl sites for hydroxylation is 2. The lowest BCUT2D eigenvalue weighted by Crippen LogP contribution is -2.20. The SMILES string of the molecule is Cc1cc(C)cc(OCC(=O)Nc2ccc(-c3nc4cc(Cl)ccc4o3)cc2)c1. The van der Waals surface area contributed by atoms with Crippen molar-refractivity contribution in [2.24, 2.45) is 0 Å². The number of halogens is 1. The molecule has 6 heteroatoms. The molecule has 0 bridgehead atoms. The zero-order valence-corrected chi connectivity index (χ0v) is 16.8. The maximum absolute atomic E-state index is 12.2. The zero-order valence-electron chi connectivity index (χ0n) is 16.0. The highest BCUT2D eigenvalue weighted by molar-refractivity contribution is 6.31. The molecule has 1 aromatic heterocycles. The average molecular weight is 407 g/mol. The number of benzene rings is 3. The van der Waals surface area contributed by atoms with E-state index in [1.165, 1.54) is 0 Å². The number of carbonyl (C=O) groups excluding carboxylic acids is 1. The molecule has 0 aliphatic carbocycles. The highest BCUT2D eigenvalue weighted by Gasteiger charge is 2.10. The Morgan fingerprint density at radius 3 is 2.48 bits per heavy atom. The van der Waals surface area contributed by atoms with E-state index in [-0.39, 0.29) is 12.5 Å². The zero-order chi connectivity index (χ0) is 20.4. The number of amides is 1. The maximum Gasteiger partial charge on any atom is 0.262 e. The van der Waals surface area contributed by atoms with Gasteiger partial charge >= 0.3 is 0 Å². The van der Waals surface area contributed by atoms with Crippen LogP contribution < -0.4 is 10.1 Å². The monoisotopic (exact) mass is 406 g/mol. The van der Waals surface area contributed by atoms with E-state index in [4.69, 9.17) is 20.8 Å². The Balaban J connectivity index is 1.40. The van der Waals surface area contributed by atoms with Crippen molar-refractivity contribution in [1.82, 2.24) is 4.98 Å². The van der Waals surface area contributed by atoms with Gasteiger partial charge in [0.05, 0.1) is 0 Å². The molecule has 0 spiro atoms. The topological polar surface area (TPSA) is 64.4 Å². The number of nitrogens with one attached hydrogen (secondary N) is 1. The van der Waals surface area contributed by atoms with Crippen molar-refractivity contribution >= 4 is 34.3 Å². The fourth-order valence-corrected chi connectivity index (χ4v) is 3.25. The highest BCUT2D eigenvalue weighted by Crippen LogP contribution is 2.27. The molecule has 29 heavy (non-hydrogen) atoms. The lowest BCUT2D eigenvalue weighted by molar-refractivity contribution is -0.118. The van der Waals surface area contributed by atoms with Gasteiger partial charge < -0.3 is 14.5 Å². The number of oxazole rings is 1. The van der Waals surface area contributed by atoms with Crippen molar-refractivity contribution in [3.63, 3.8) is 0 Å². The molecule has 1 amide bonds. The minimum Gasteiger partial charge on any atom is -0.484 e. The third-order valence-corrected chi connectivity index (χ3v) is 4.57. The van der Waals surface area contributed by atoms with Crippen LogP contribution in [0.3, 0.4) is 0 Å². The first kappa shape index (κ1) is 19.0. The predicted molar refractivity (Wildman–Crippen MR) is 114 cm³/mol. The van der Waals surface area contributed by atoms with Crippen molar-refractivity contribution in [1.29, 1.82) is 0 Å². The van der Waals surface area contributed by atoms with Crippen LogP contribution in [0.15, 0.2) is 65.1 Å². The van der Waals surface area contributed by atoms with E-state index >= 15 is 0 Å². The molecule has 4 rings (SSSR count). The quantitative estimate of drug-likeness (QED) is 0.456. The van der Waals surface area contributed by atoms with Gasteiger partial charge in [0.1, 0.15) is 11.3 Å². The van der Waals surface area contributed by atoms with Crippen LogP contribution in [-0.4, -0.2) is 17.5 Å². The van der Waals surface area contributed by atoms with Gasteiger partial charge in [0.2, 0.25) is 5.89 Å². The Morgan fingerprint density at radius 1 is 1.03 bits per heavy atom. The largest absolute Gasteiger partial charge is 0.484 e. The lowest BCUT2D eigenvalue weighted by Gasteiger charge is -2.09. The fourth-order valence-electron chi connectivity index (χ4n) is 3.08.